The molecule has 1 amide bonds. The predicted octanol–water partition coefficient (Wildman–Crippen LogP) is 0.260. The zero-order valence-corrected chi connectivity index (χ0v) is 18.1. The first-order valence-corrected chi connectivity index (χ1v) is 10.3. The van der Waals surface area contributed by atoms with E-state index in [1.807, 2.05) is 24.3 Å². The van der Waals surface area contributed by atoms with Gasteiger partial charge in [-0.1, -0.05) is 12.1 Å². The van der Waals surface area contributed by atoms with Gasteiger partial charge in [0.1, 0.15) is 18.0 Å². The van der Waals surface area contributed by atoms with E-state index in [1.54, 1.807) is 21.3 Å². The molecule has 0 radical (unpaired) electrons. The number of nitrogens with one attached hydrogen (secondary N) is 2. The fraction of sp³-hybridized carbons (Fsp3) is 0.667. The van der Waals surface area contributed by atoms with E-state index in [0.29, 0.717) is 39.3 Å². The lowest BCUT2D eigenvalue weighted by molar-refractivity contribution is 0.0186. The van der Waals surface area contributed by atoms with Crippen molar-refractivity contribution in [3.05, 3.63) is 29.8 Å². The quantitative estimate of drug-likeness (QED) is 0.414. The summed E-state index contributed by atoms with van der Waals surface area (Å²) in [7, 11) is 4.95. The summed E-state index contributed by atoms with van der Waals surface area (Å²) in [6, 6.07) is 7.57. The molecule has 1 aliphatic heterocycles. The molecule has 0 aliphatic carbocycles. The highest BCUT2D eigenvalue weighted by Crippen LogP contribution is 2.19. The molecule has 0 saturated carbocycles. The number of alkyl carbamates (subject to hydrolysis) is 1. The van der Waals surface area contributed by atoms with Crippen molar-refractivity contribution in [3.8, 4) is 5.75 Å². The van der Waals surface area contributed by atoms with Crippen LogP contribution in [-0.4, -0.2) is 102 Å². The van der Waals surface area contributed by atoms with E-state index in [1.165, 1.54) is 0 Å². The van der Waals surface area contributed by atoms with E-state index in [-0.39, 0.29) is 6.04 Å². The van der Waals surface area contributed by atoms with Crippen LogP contribution in [0, 0.1) is 0 Å². The Labute approximate surface area is 178 Å². The van der Waals surface area contributed by atoms with Gasteiger partial charge in [0.2, 0.25) is 0 Å². The van der Waals surface area contributed by atoms with Crippen LogP contribution in [-0.2, 0) is 20.6 Å². The summed E-state index contributed by atoms with van der Waals surface area (Å²) >= 11 is 0. The molecule has 1 saturated heterocycles. The molecule has 1 heterocycles. The number of carbonyl (C=O) groups excluding carboxylic acids is 1. The van der Waals surface area contributed by atoms with Gasteiger partial charge in [-0.3, -0.25) is 4.90 Å². The maximum Gasteiger partial charge on any atom is 0.407 e. The number of β-amino-alcohol motifs (C(OH)–C–C–N with tert-alkyl or cyclic N) is 1. The lowest BCUT2D eigenvalue weighted by Crippen LogP contribution is -2.43. The molecule has 9 heteroatoms. The van der Waals surface area contributed by atoms with Crippen LogP contribution in [0.4, 0.5) is 4.79 Å². The van der Waals surface area contributed by atoms with Gasteiger partial charge in [0.05, 0.1) is 26.4 Å². The average Bonchev–Trinajstić information content (AvgIpc) is 3.09. The zero-order valence-electron chi connectivity index (χ0n) is 18.1. The zero-order chi connectivity index (χ0) is 21.8. The third-order valence-corrected chi connectivity index (χ3v) is 5.14. The molecule has 170 valence electrons. The van der Waals surface area contributed by atoms with Gasteiger partial charge in [-0.05, 0) is 24.1 Å². The van der Waals surface area contributed by atoms with Gasteiger partial charge in [0, 0.05) is 46.9 Å². The highest BCUT2D eigenvalue weighted by molar-refractivity contribution is 5.67. The Morgan fingerprint density at radius 2 is 1.80 bits per heavy atom. The predicted molar refractivity (Wildman–Crippen MR) is 113 cm³/mol. The number of nitrogens with zero attached hydrogens (tertiary/aromatic N) is 1. The summed E-state index contributed by atoms with van der Waals surface area (Å²) in [5, 5.41) is 16.3. The van der Waals surface area contributed by atoms with Crippen molar-refractivity contribution in [2.24, 2.45) is 0 Å². The van der Waals surface area contributed by atoms with Crippen LogP contribution < -0.4 is 15.4 Å². The van der Waals surface area contributed by atoms with Crippen LogP contribution in [0.5, 0.6) is 5.75 Å². The van der Waals surface area contributed by atoms with E-state index < -0.39 is 18.3 Å². The highest BCUT2D eigenvalue weighted by Gasteiger charge is 2.37. The van der Waals surface area contributed by atoms with Gasteiger partial charge in [-0.2, -0.15) is 0 Å². The monoisotopic (exact) mass is 425 g/mol. The number of benzene rings is 1. The SMILES string of the molecule is COCCN(CCNC(=O)O[C@@H]1[C@@H](O)CN[C@@H]1Cc1ccc(OC)cc1)CCOC. The van der Waals surface area contributed by atoms with Gasteiger partial charge in [0.25, 0.3) is 0 Å². The second kappa shape index (κ2) is 13.4. The Kier molecular flexibility index (Phi) is 10.9. The lowest BCUT2D eigenvalue weighted by atomic mass is 10.0. The van der Waals surface area contributed by atoms with Crippen LogP contribution in [0.2, 0.25) is 0 Å². The molecule has 0 unspecified atom stereocenters. The fourth-order valence-corrected chi connectivity index (χ4v) is 3.39. The molecule has 0 spiro atoms. The Hall–Kier alpha value is -1.91. The summed E-state index contributed by atoms with van der Waals surface area (Å²) < 4.78 is 21.0. The van der Waals surface area contributed by atoms with E-state index >= 15 is 0 Å². The summed E-state index contributed by atoms with van der Waals surface area (Å²) in [6.07, 6.45) is -1.23. The molecule has 1 aromatic carbocycles. The summed E-state index contributed by atoms with van der Waals surface area (Å²) in [5.41, 5.74) is 1.07. The van der Waals surface area contributed by atoms with Crippen LogP contribution in [0.1, 0.15) is 5.56 Å². The van der Waals surface area contributed by atoms with Crippen molar-refractivity contribution in [2.45, 2.75) is 24.7 Å². The third-order valence-electron chi connectivity index (χ3n) is 5.14. The number of amides is 1. The molecule has 0 bridgehead atoms. The van der Waals surface area contributed by atoms with Gasteiger partial charge in [0.15, 0.2) is 0 Å². The van der Waals surface area contributed by atoms with Crippen molar-refractivity contribution in [2.75, 3.05) is 67.3 Å². The van der Waals surface area contributed by atoms with Crippen LogP contribution in [0.3, 0.4) is 0 Å². The van der Waals surface area contributed by atoms with Crippen LogP contribution in [0.15, 0.2) is 24.3 Å². The Bertz CT molecular complexity index is 607. The maximum absolute atomic E-state index is 12.3. The second-order valence-electron chi connectivity index (χ2n) is 7.26. The van der Waals surface area contributed by atoms with Gasteiger partial charge >= 0.3 is 6.09 Å². The Morgan fingerprint density at radius 1 is 1.13 bits per heavy atom. The lowest BCUT2D eigenvalue weighted by Gasteiger charge is -2.24. The molecule has 2 rings (SSSR count). The number of methoxy groups -OCH3 is 3. The second-order valence-corrected chi connectivity index (χ2v) is 7.26. The van der Waals surface area contributed by atoms with Gasteiger partial charge in [-0.15, -0.1) is 0 Å². The van der Waals surface area contributed by atoms with Crippen molar-refractivity contribution in [1.29, 1.82) is 0 Å². The van der Waals surface area contributed by atoms with E-state index in [4.69, 9.17) is 18.9 Å². The maximum atomic E-state index is 12.3. The normalized spacial score (nSPS) is 21.0. The summed E-state index contributed by atoms with van der Waals surface area (Å²) in [6.45, 7) is 4.22. The van der Waals surface area contributed by atoms with Crippen molar-refractivity contribution in [1.82, 2.24) is 15.5 Å². The van der Waals surface area contributed by atoms with Crippen LogP contribution >= 0.6 is 0 Å². The van der Waals surface area contributed by atoms with Crippen molar-refractivity contribution >= 4 is 6.09 Å². The van der Waals surface area contributed by atoms with E-state index in [2.05, 4.69) is 15.5 Å². The summed E-state index contributed by atoms with van der Waals surface area (Å²) in [5.74, 6) is 0.787. The van der Waals surface area contributed by atoms with E-state index in [0.717, 1.165) is 24.4 Å². The molecule has 9 nitrogen and oxygen atoms in total. The fourth-order valence-electron chi connectivity index (χ4n) is 3.39. The molecule has 0 aromatic heterocycles. The van der Waals surface area contributed by atoms with E-state index in [9.17, 15) is 9.90 Å². The standard InChI is InChI=1S/C21H35N3O6/c1-27-12-10-24(11-13-28-2)9-8-22-21(26)30-20-18(23-15-19(20)25)14-16-4-6-17(29-3)7-5-16/h4-7,18-20,23,25H,8-15H2,1-3H3,(H,22,26)/t18-,19+,20+/m1/s1. The molecule has 30 heavy (non-hydrogen) atoms. The number of ether oxygens (including phenoxy) is 4. The molecule has 1 aliphatic rings. The Balaban J connectivity index is 1.79. The topological polar surface area (TPSA) is 102 Å². The number of aliphatic hydroxyl groups is 1. The minimum absolute atomic E-state index is 0.154. The average molecular weight is 426 g/mol. The molecule has 3 atom stereocenters. The first kappa shape index (κ1) is 24.4. The van der Waals surface area contributed by atoms with Crippen molar-refractivity contribution < 1.29 is 28.8 Å². The smallest absolute Gasteiger partial charge is 0.407 e. The number of hydrogen-bond donors (Lipinski definition) is 3. The number of carbonyl (C=O) groups is 1. The Morgan fingerprint density at radius 3 is 2.40 bits per heavy atom. The van der Waals surface area contributed by atoms with Crippen molar-refractivity contribution in [3.63, 3.8) is 0 Å². The first-order chi connectivity index (χ1) is 14.6. The summed E-state index contributed by atoms with van der Waals surface area (Å²) in [4.78, 5) is 14.4. The first-order valence-electron chi connectivity index (χ1n) is 10.3. The minimum atomic E-state index is -0.737. The number of aliphatic hydroxyl groups excluding tert-OH is 1. The van der Waals surface area contributed by atoms with Gasteiger partial charge in [-0.25, -0.2) is 4.79 Å². The minimum Gasteiger partial charge on any atom is -0.497 e. The highest BCUT2D eigenvalue weighted by atomic mass is 16.6. The molecule has 1 fully saturated rings. The van der Waals surface area contributed by atoms with Gasteiger partial charge < -0.3 is 34.7 Å². The third kappa shape index (κ3) is 8.08. The molecule has 1 aromatic rings. The molecule has 3 N–H and O–H groups in total. The largest absolute Gasteiger partial charge is 0.497 e. The molecular formula is C21H35N3O6. The van der Waals surface area contributed by atoms with Crippen LogP contribution in [0.25, 0.3) is 0 Å². The molecular weight excluding hydrogens is 390 g/mol. The number of hydrogen-bond acceptors (Lipinski definition) is 8. The number of rotatable bonds is 13.